The van der Waals surface area contributed by atoms with Gasteiger partial charge in [0, 0.05) is 96.4 Å². The Morgan fingerprint density at radius 3 is 2.11 bits per heavy atom. The second-order valence-corrected chi connectivity index (χ2v) is 15.3. The lowest BCUT2D eigenvalue weighted by molar-refractivity contribution is -0.135. The van der Waals surface area contributed by atoms with Gasteiger partial charge in [-0.3, -0.25) is 14.5 Å². The quantitative estimate of drug-likeness (QED) is 0.137. The first-order valence-corrected chi connectivity index (χ1v) is 19.5. The predicted molar refractivity (Wildman–Crippen MR) is 220 cm³/mol. The van der Waals surface area contributed by atoms with E-state index >= 15 is 0 Å². The van der Waals surface area contributed by atoms with Crippen LogP contribution in [0, 0.1) is 0 Å². The fraction of sp³-hybridized carbons (Fsp3) is 0.488. The molecule has 0 bridgehead atoms. The van der Waals surface area contributed by atoms with Crippen LogP contribution in [-0.4, -0.2) is 141 Å². The number of amides is 4. The molecule has 56 heavy (non-hydrogen) atoms. The maximum Gasteiger partial charge on any atom is 0.412 e. The second kappa shape index (κ2) is 21.2. The SMILES string of the molecule is CN(CCN1CCC(N(C(=O)O)c2ccccc2-c2ccccc2)CC1)C(=O)COCCCNc1ccc(C(=O)N(C)CCCN(C)C(=O)OC(C)(C)C)cc1. The third-order valence-electron chi connectivity index (χ3n) is 9.74. The van der Waals surface area contributed by atoms with Gasteiger partial charge in [-0.2, -0.15) is 0 Å². The minimum absolute atomic E-state index is 0.00852. The molecule has 0 atom stereocenters. The van der Waals surface area contributed by atoms with Crippen molar-refractivity contribution in [3.63, 3.8) is 0 Å². The van der Waals surface area contributed by atoms with Crippen molar-refractivity contribution < 1.29 is 33.8 Å². The third kappa shape index (κ3) is 13.6. The molecular formula is C43H60N6O7. The lowest BCUT2D eigenvalue weighted by Gasteiger charge is -2.38. The highest BCUT2D eigenvalue weighted by Crippen LogP contribution is 2.34. The Kier molecular flexibility index (Phi) is 16.5. The van der Waals surface area contributed by atoms with E-state index in [9.17, 15) is 24.3 Å². The summed E-state index contributed by atoms with van der Waals surface area (Å²) < 4.78 is 11.0. The van der Waals surface area contributed by atoms with E-state index in [4.69, 9.17) is 9.47 Å². The summed E-state index contributed by atoms with van der Waals surface area (Å²) in [6, 6.07) is 24.7. The van der Waals surface area contributed by atoms with Gasteiger partial charge >= 0.3 is 12.2 Å². The largest absolute Gasteiger partial charge is 0.465 e. The van der Waals surface area contributed by atoms with E-state index in [2.05, 4.69) is 10.2 Å². The molecule has 0 radical (unpaired) electrons. The highest BCUT2D eigenvalue weighted by Gasteiger charge is 2.31. The van der Waals surface area contributed by atoms with Crippen LogP contribution >= 0.6 is 0 Å². The van der Waals surface area contributed by atoms with Crippen LogP contribution in [0.15, 0.2) is 78.9 Å². The topological polar surface area (TPSA) is 135 Å². The molecule has 0 spiro atoms. The number of hydrogen-bond acceptors (Lipinski definition) is 8. The number of piperidine rings is 1. The molecule has 1 fully saturated rings. The first-order valence-electron chi connectivity index (χ1n) is 19.5. The molecule has 0 aliphatic carbocycles. The van der Waals surface area contributed by atoms with Crippen LogP contribution < -0.4 is 10.2 Å². The van der Waals surface area contributed by atoms with Crippen LogP contribution in [0.4, 0.5) is 21.0 Å². The molecule has 1 aliphatic heterocycles. The van der Waals surface area contributed by atoms with Gasteiger partial charge in [-0.25, -0.2) is 9.59 Å². The third-order valence-corrected chi connectivity index (χ3v) is 9.74. The maximum atomic E-state index is 12.9. The highest BCUT2D eigenvalue weighted by atomic mass is 16.6. The number of nitrogens with zero attached hydrogens (tertiary/aromatic N) is 5. The normalized spacial score (nSPS) is 13.5. The van der Waals surface area contributed by atoms with Crippen LogP contribution in [0.25, 0.3) is 11.1 Å². The van der Waals surface area contributed by atoms with Gasteiger partial charge in [-0.15, -0.1) is 0 Å². The Bertz CT molecular complexity index is 1710. The number of hydrogen-bond donors (Lipinski definition) is 2. The predicted octanol–water partition coefficient (Wildman–Crippen LogP) is 6.61. The van der Waals surface area contributed by atoms with Crippen molar-refractivity contribution in [2.45, 2.75) is 58.1 Å². The Labute approximate surface area is 332 Å². The maximum absolute atomic E-state index is 12.9. The average Bonchev–Trinajstić information content (AvgIpc) is 3.18. The zero-order valence-corrected chi connectivity index (χ0v) is 33.9. The number of anilines is 2. The number of carbonyl (C=O) groups excluding carboxylic acids is 3. The molecule has 1 heterocycles. The molecule has 304 valence electrons. The van der Waals surface area contributed by atoms with Crippen molar-refractivity contribution in [2.75, 3.05) is 90.4 Å². The summed E-state index contributed by atoms with van der Waals surface area (Å²) in [6.45, 7) is 10.3. The molecule has 3 aromatic rings. The smallest absolute Gasteiger partial charge is 0.412 e. The number of likely N-dealkylation sites (N-methyl/N-ethyl adjacent to an activating group) is 1. The first-order chi connectivity index (χ1) is 26.7. The molecule has 13 nitrogen and oxygen atoms in total. The van der Waals surface area contributed by atoms with Crippen LogP contribution in [0.5, 0.6) is 0 Å². The zero-order valence-electron chi connectivity index (χ0n) is 33.9. The number of benzene rings is 3. The molecule has 0 aromatic heterocycles. The van der Waals surface area contributed by atoms with E-state index in [0.717, 1.165) is 29.9 Å². The number of carboxylic acid groups (broad SMARTS) is 1. The van der Waals surface area contributed by atoms with Crippen LogP contribution in [0.2, 0.25) is 0 Å². The summed E-state index contributed by atoms with van der Waals surface area (Å²) >= 11 is 0. The van der Waals surface area contributed by atoms with Gasteiger partial charge in [0.25, 0.3) is 5.91 Å². The molecule has 0 unspecified atom stereocenters. The first kappa shape index (κ1) is 43.6. The Morgan fingerprint density at radius 1 is 0.804 bits per heavy atom. The van der Waals surface area contributed by atoms with Crippen LogP contribution in [0.1, 0.15) is 56.8 Å². The number of rotatable bonds is 18. The summed E-state index contributed by atoms with van der Waals surface area (Å²) in [7, 11) is 5.22. The van der Waals surface area contributed by atoms with Crippen molar-refractivity contribution >= 4 is 35.4 Å². The van der Waals surface area contributed by atoms with Crippen LogP contribution in [0.3, 0.4) is 0 Å². The Morgan fingerprint density at radius 2 is 1.45 bits per heavy atom. The molecule has 13 heteroatoms. The standard InChI is InChI=1S/C43H60N6O7/c1-43(2,3)56-42(54)47(6)26-13-25-46(5)40(51)34-18-20-35(21-19-34)44-24-12-31-55-32-39(50)45(4)29-30-48-27-22-36(23-28-48)49(41(52)53)38-17-11-10-16-37(38)33-14-8-7-9-15-33/h7-11,14-21,36,44H,12-13,22-32H2,1-6H3,(H,52,53). The van der Waals surface area contributed by atoms with E-state index in [0.29, 0.717) is 76.3 Å². The lowest BCUT2D eigenvalue weighted by atomic mass is 9.98. The van der Waals surface area contributed by atoms with E-state index in [1.54, 1.807) is 43.1 Å². The Balaban J connectivity index is 1.08. The fourth-order valence-corrected chi connectivity index (χ4v) is 6.52. The molecular weight excluding hydrogens is 713 g/mol. The molecule has 3 aromatic carbocycles. The summed E-state index contributed by atoms with van der Waals surface area (Å²) in [5.41, 5.74) is 3.50. The minimum Gasteiger partial charge on any atom is -0.465 e. The Hall–Kier alpha value is -5.14. The molecule has 0 saturated carbocycles. The van der Waals surface area contributed by atoms with Gasteiger partial charge in [-0.1, -0.05) is 48.5 Å². The number of carbonyl (C=O) groups is 4. The number of ether oxygens (including phenoxy) is 2. The molecule has 4 rings (SSSR count). The molecule has 2 N–H and O–H groups in total. The van der Waals surface area contributed by atoms with Gasteiger partial charge in [0.1, 0.15) is 12.2 Å². The average molecular weight is 773 g/mol. The highest BCUT2D eigenvalue weighted by molar-refractivity contribution is 5.94. The van der Waals surface area contributed by atoms with E-state index in [1.165, 1.54) is 9.80 Å². The summed E-state index contributed by atoms with van der Waals surface area (Å²) in [4.78, 5) is 58.9. The molecule has 1 aliphatic rings. The van der Waals surface area contributed by atoms with Gasteiger partial charge in [0.05, 0.1) is 5.69 Å². The van der Waals surface area contributed by atoms with Crippen molar-refractivity contribution in [1.82, 2.24) is 19.6 Å². The van der Waals surface area contributed by atoms with Gasteiger partial charge in [0.15, 0.2) is 0 Å². The summed E-state index contributed by atoms with van der Waals surface area (Å²) in [5.74, 6) is -0.171. The number of para-hydroxylation sites is 1. The van der Waals surface area contributed by atoms with Crippen molar-refractivity contribution in [2.24, 2.45) is 0 Å². The lowest BCUT2D eigenvalue weighted by Crippen LogP contribution is -2.49. The zero-order chi connectivity index (χ0) is 40.7. The number of likely N-dealkylation sites (tertiary alicyclic amines) is 1. The molecule has 4 amide bonds. The van der Waals surface area contributed by atoms with Gasteiger partial charge in [0.2, 0.25) is 5.91 Å². The van der Waals surface area contributed by atoms with Gasteiger partial charge < -0.3 is 39.5 Å². The monoisotopic (exact) mass is 772 g/mol. The van der Waals surface area contributed by atoms with E-state index in [1.807, 2.05) is 87.5 Å². The van der Waals surface area contributed by atoms with Crippen molar-refractivity contribution in [1.29, 1.82) is 0 Å². The minimum atomic E-state index is -0.949. The van der Waals surface area contributed by atoms with Crippen LogP contribution in [-0.2, 0) is 14.3 Å². The molecule has 1 saturated heterocycles. The number of nitrogens with one attached hydrogen (secondary N) is 1. The van der Waals surface area contributed by atoms with E-state index in [-0.39, 0.29) is 30.6 Å². The van der Waals surface area contributed by atoms with Gasteiger partial charge in [-0.05, 0) is 82.3 Å². The summed E-state index contributed by atoms with van der Waals surface area (Å²) in [6.07, 6.45) is 1.42. The van der Waals surface area contributed by atoms with Crippen molar-refractivity contribution in [3.05, 3.63) is 84.4 Å². The van der Waals surface area contributed by atoms with E-state index < -0.39 is 11.7 Å². The van der Waals surface area contributed by atoms with Crippen molar-refractivity contribution in [3.8, 4) is 11.1 Å². The summed E-state index contributed by atoms with van der Waals surface area (Å²) in [5, 5.41) is 13.6. The second-order valence-electron chi connectivity index (χ2n) is 15.3. The fourth-order valence-electron chi connectivity index (χ4n) is 6.52.